The number of hydrogen-bond acceptors (Lipinski definition) is 5. The lowest BCUT2D eigenvalue weighted by Crippen LogP contribution is -2.23. The number of nitrogens with zero attached hydrogens (tertiary/aromatic N) is 4. The Morgan fingerprint density at radius 2 is 2.14 bits per heavy atom. The van der Waals surface area contributed by atoms with E-state index in [1.165, 1.54) is 11.8 Å². The zero-order valence-electron chi connectivity index (χ0n) is 11.8. The molecule has 1 aromatic heterocycles. The predicted molar refractivity (Wildman–Crippen MR) is 76.3 cm³/mol. The van der Waals surface area contributed by atoms with Gasteiger partial charge in [0.25, 0.3) is 0 Å². The van der Waals surface area contributed by atoms with Gasteiger partial charge in [-0.1, -0.05) is 11.6 Å². The van der Waals surface area contributed by atoms with E-state index in [0.29, 0.717) is 22.2 Å². The van der Waals surface area contributed by atoms with Crippen LogP contribution in [0.2, 0.25) is 5.02 Å². The van der Waals surface area contributed by atoms with Gasteiger partial charge >= 0.3 is 5.97 Å². The Morgan fingerprint density at radius 1 is 1.43 bits per heavy atom. The molecule has 0 spiro atoms. The molecule has 0 saturated heterocycles. The number of halogens is 1. The van der Waals surface area contributed by atoms with Gasteiger partial charge in [-0.15, -0.1) is 5.10 Å². The van der Waals surface area contributed by atoms with Crippen LogP contribution in [0.25, 0.3) is 11.4 Å². The fourth-order valence-electron chi connectivity index (χ4n) is 1.92. The average Bonchev–Trinajstić information content (AvgIpc) is 2.94. The number of benzene rings is 1. The van der Waals surface area contributed by atoms with Crippen LogP contribution < -0.4 is 4.74 Å². The fraction of sp³-hybridized carbons (Fsp3) is 0.385. The molecule has 1 aromatic carbocycles. The fourth-order valence-corrected chi connectivity index (χ4v) is 2.09. The smallest absolute Gasteiger partial charge is 0.308 e. The topological polar surface area (TPSA) is 90.1 Å². The Kier molecular flexibility index (Phi) is 4.42. The number of aromatic nitrogens is 4. The van der Waals surface area contributed by atoms with Crippen LogP contribution in [0.3, 0.4) is 0 Å². The second kappa shape index (κ2) is 6.09. The molecule has 0 radical (unpaired) electrons. The molecule has 0 amide bonds. The maximum absolute atomic E-state index is 11.1. The van der Waals surface area contributed by atoms with E-state index in [1.54, 1.807) is 32.0 Å². The molecule has 2 unspecified atom stereocenters. The monoisotopic (exact) mass is 310 g/mol. The van der Waals surface area contributed by atoms with E-state index in [4.69, 9.17) is 21.4 Å². The zero-order chi connectivity index (χ0) is 15.6. The van der Waals surface area contributed by atoms with Gasteiger partial charge in [-0.2, -0.15) is 0 Å². The first-order chi connectivity index (χ1) is 9.95. The average molecular weight is 311 g/mol. The van der Waals surface area contributed by atoms with Crippen LogP contribution in [0.1, 0.15) is 19.9 Å². The van der Waals surface area contributed by atoms with Crippen molar-refractivity contribution >= 4 is 17.6 Å². The molecule has 0 bridgehead atoms. The van der Waals surface area contributed by atoms with Crippen molar-refractivity contribution < 1.29 is 14.6 Å². The largest absolute Gasteiger partial charge is 0.496 e. The molecular formula is C13H15ClN4O3. The Morgan fingerprint density at radius 3 is 2.76 bits per heavy atom. The molecule has 2 aromatic rings. The van der Waals surface area contributed by atoms with E-state index in [-0.39, 0.29) is 0 Å². The molecule has 7 nitrogen and oxygen atoms in total. The van der Waals surface area contributed by atoms with Gasteiger partial charge in [0.1, 0.15) is 5.75 Å². The number of methoxy groups -OCH3 is 1. The summed E-state index contributed by atoms with van der Waals surface area (Å²) in [4.78, 5) is 11.1. The van der Waals surface area contributed by atoms with E-state index in [9.17, 15) is 4.79 Å². The predicted octanol–water partition coefficient (Wildman–Crippen LogP) is 2.28. The summed E-state index contributed by atoms with van der Waals surface area (Å²) in [5.74, 6) is -0.583. The Bertz CT molecular complexity index is 659. The Labute approximate surface area is 126 Å². The first-order valence-corrected chi connectivity index (χ1v) is 6.68. The van der Waals surface area contributed by atoms with Gasteiger partial charge in [0.15, 0.2) is 5.82 Å². The van der Waals surface area contributed by atoms with Crippen molar-refractivity contribution in [1.29, 1.82) is 0 Å². The van der Waals surface area contributed by atoms with E-state index in [0.717, 1.165) is 0 Å². The molecule has 1 heterocycles. The summed E-state index contributed by atoms with van der Waals surface area (Å²) in [7, 11) is 1.53. The summed E-state index contributed by atoms with van der Waals surface area (Å²) in [6, 6.07) is 4.67. The van der Waals surface area contributed by atoms with Crippen LogP contribution in [0.5, 0.6) is 5.75 Å². The summed E-state index contributed by atoms with van der Waals surface area (Å²) in [5, 5.41) is 21.1. The molecule has 8 heteroatoms. The first-order valence-electron chi connectivity index (χ1n) is 6.30. The highest BCUT2D eigenvalue weighted by Gasteiger charge is 2.26. The van der Waals surface area contributed by atoms with Crippen molar-refractivity contribution in [2.24, 2.45) is 5.92 Å². The Hall–Kier alpha value is -2.15. The minimum absolute atomic E-state index is 0.412. The lowest BCUT2D eigenvalue weighted by Gasteiger charge is -2.18. The Balaban J connectivity index is 2.50. The molecule has 2 atom stereocenters. The molecule has 2 rings (SSSR count). The van der Waals surface area contributed by atoms with Crippen LogP contribution >= 0.6 is 11.6 Å². The number of rotatable bonds is 5. The second-order valence-electron chi connectivity index (χ2n) is 4.66. The summed E-state index contributed by atoms with van der Waals surface area (Å²) in [5.41, 5.74) is 0.611. The normalized spacial score (nSPS) is 13.7. The molecule has 112 valence electrons. The van der Waals surface area contributed by atoms with Crippen LogP contribution in [-0.4, -0.2) is 38.4 Å². The lowest BCUT2D eigenvalue weighted by atomic mass is 10.0. The first kappa shape index (κ1) is 15.2. The molecular weight excluding hydrogens is 296 g/mol. The number of carboxylic acid groups (broad SMARTS) is 1. The molecule has 1 N–H and O–H groups in total. The summed E-state index contributed by atoms with van der Waals surface area (Å²) in [6.07, 6.45) is 0. The third-order valence-electron chi connectivity index (χ3n) is 3.39. The highest BCUT2D eigenvalue weighted by Crippen LogP contribution is 2.32. The van der Waals surface area contributed by atoms with Crippen LogP contribution in [-0.2, 0) is 4.79 Å². The lowest BCUT2D eigenvalue weighted by molar-refractivity contribution is -0.142. The van der Waals surface area contributed by atoms with Crippen LogP contribution in [0.4, 0.5) is 0 Å². The molecule has 0 aliphatic carbocycles. The third-order valence-corrected chi connectivity index (χ3v) is 3.63. The number of tetrazole rings is 1. The van der Waals surface area contributed by atoms with Crippen molar-refractivity contribution in [3.63, 3.8) is 0 Å². The highest BCUT2D eigenvalue weighted by molar-refractivity contribution is 6.30. The molecule has 0 aliphatic rings. The van der Waals surface area contributed by atoms with E-state index < -0.39 is 17.9 Å². The van der Waals surface area contributed by atoms with E-state index in [2.05, 4.69) is 15.5 Å². The zero-order valence-corrected chi connectivity index (χ0v) is 12.6. The SMILES string of the molecule is COc1ccc(Cl)cc1-c1nnnn1C(C)C(C)C(=O)O. The van der Waals surface area contributed by atoms with Crippen molar-refractivity contribution in [3.8, 4) is 17.1 Å². The van der Waals surface area contributed by atoms with Crippen LogP contribution in [0.15, 0.2) is 18.2 Å². The van der Waals surface area contributed by atoms with Gasteiger partial charge < -0.3 is 9.84 Å². The summed E-state index contributed by atoms with van der Waals surface area (Å²) < 4.78 is 6.75. The third kappa shape index (κ3) is 2.97. The van der Waals surface area contributed by atoms with E-state index >= 15 is 0 Å². The van der Waals surface area contributed by atoms with Crippen LogP contribution in [0, 0.1) is 5.92 Å². The number of aliphatic carboxylic acids is 1. The summed E-state index contributed by atoms with van der Waals surface area (Å²) >= 11 is 6.01. The standard InChI is InChI=1S/C13H15ClN4O3/c1-7(13(19)20)8(2)18-12(15-16-17-18)10-6-9(14)4-5-11(10)21-3/h4-8H,1-3H3,(H,19,20). The van der Waals surface area contributed by atoms with Crippen molar-refractivity contribution in [2.45, 2.75) is 19.9 Å². The molecule has 0 aliphatic heterocycles. The van der Waals surface area contributed by atoms with Crippen molar-refractivity contribution in [2.75, 3.05) is 7.11 Å². The van der Waals surface area contributed by atoms with Gasteiger partial charge in [-0.05, 0) is 42.5 Å². The summed E-state index contributed by atoms with van der Waals surface area (Å²) in [6.45, 7) is 3.35. The maximum Gasteiger partial charge on any atom is 0.308 e. The van der Waals surface area contributed by atoms with Gasteiger partial charge in [-0.3, -0.25) is 4.79 Å². The molecule has 0 fully saturated rings. The molecule has 0 saturated carbocycles. The number of hydrogen-bond donors (Lipinski definition) is 1. The van der Waals surface area contributed by atoms with Gasteiger partial charge in [0, 0.05) is 5.02 Å². The number of carboxylic acids is 1. The quantitative estimate of drug-likeness (QED) is 0.911. The minimum Gasteiger partial charge on any atom is -0.496 e. The minimum atomic E-state index is -0.915. The maximum atomic E-state index is 11.1. The van der Waals surface area contributed by atoms with E-state index in [1.807, 2.05) is 0 Å². The van der Waals surface area contributed by atoms with Gasteiger partial charge in [0.2, 0.25) is 0 Å². The number of ether oxygens (including phenoxy) is 1. The van der Waals surface area contributed by atoms with Gasteiger partial charge in [-0.25, -0.2) is 4.68 Å². The van der Waals surface area contributed by atoms with Gasteiger partial charge in [0.05, 0.1) is 24.6 Å². The van der Waals surface area contributed by atoms with Crippen molar-refractivity contribution in [1.82, 2.24) is 20.2 Å². The second-order valence-corrected chi connectivity index (χ2v) is 5.10. The van der Waals surface area contributed by atoms with Crippen molar-refractivity contribution in [3.05, 3.63) is 23.2 Å². The molecule has 21 heavy (non-hydrogen) atoms. The number of carbonyl (C=O) groups is 1. The highest BCUT2D eigenvalue weighted by atomic mass is 35.5.